The Kier molecular flexibility index (Phi) is 3.21. The number of halogens is 1. The number of nitrogens with one attached hydrogen (secondary N) is 1. The second kappa shape index (κ2) is 4.67. The summed E-state index contributed by atoms with van der Waals surface area (Å²) in [6.07, 6.45) is 1.15. The van der Waals surface area contributed by atoms with Crippen molar-refractivity contribution in [3.63, 3.8) is 0 Å². The molecule has 1 aliphatic carbocycles. The molecule has 3 rings (SSSR count). The highest BCUT2D eigenvalue weighted by Crippen LogP contribution is 2.52. The van der Waals surface area contributed by atoms with E-state index in [-0.39, 0.29) is 23.4 Å². The van der Waals surface area contributed by atoms with Gasteiger partial charge in [0, 0.05) is 18.1 Å². The summed E-state index contributed by atoms with van der Waals surface area (Å²) in [5, 5.41) is 0. The van der Waals surface area contributed by atoms with Crippen LogP contribution in [0.15, 0.2) is 18.2 Å². The third kappa shape index (κ3) is 1.91. The highest BCUT2D eigenvalue weighted by molar-refractivity contribution is 7.71. The van der Waals surface area contributed by atoms with Crippen LogP contribution in [0, 0.1) is 16.0 Å². The van der Waals surface area contributed by atoms with E-state index in [0.29, 0.717) is 11.4 Å². The molecular formula is C15H19FN2OS. The predicted molar refractivity (Wildman–Crippen MR) is 79.9 cm³/mol. The van der Waals surface area contributed by atoms with Gasteiger partial charge in [0.05, 0.1) is 17.1 Å². The largest absolute Gasteiger partial charge is 0.378 e. The average Bonchev–Trinajstić information content (AvgIpc) is 2.70. The lowest BCUT2D eigenvalue weighted by atomic mass is 9.64. The highest BCUT2D eigenvalue weighted by Gasteiger charge is 2.50. The number of ether oxygens (including phenoxy) is 1. The lowest BCUT2D eigenvalue weighted by molar-refractivity contribution is -0.127. The Morgan fingerprint density at radius 3 is 2.90 bits per heavy atom. The summed E-state index contributed by atoms with van der Waals surface area (Å²) in [4.78, 5) is 3.16. The van der Waals surface area contributed by atoms with Crippen molar-refractivity contribution in [2.45, 2.75) is 39.3 Å². The summed E-state index contributed by atoms with van der Waals surface area (Å²) in [7, 11) is 0. The van der Waals surface area contributed by atoms with E-state index in [0.717, 1.165) is 17.5 Å². The number of aromatic amines is 1. The van der Waals surface area contributed by atoms with Gasteiger partial charge in [0.2, 0.25) is 0 Å². The maximum absolute atomic E-state index is 13.5. The Morgan fingerprint density at radius 2 is 2.25 bits per heavy atom. The van der Waals surface area contributed by atoms with E-state index in [1.165, 1.54) is 6.07 Å². The van der Waals surface area contributed by atoms with Gasteiger partial charge in [0.1, 0.15) is 5.82 Å². The maximum atomic E-state index is 13.5. The van der Waals surface area contributed by atoms with Gasteiger partial charge in [-0.1, -0.05) is 13.8 Å². The molecule has 1 aromatic carbocycles. The fourth-order valence-electron chi connectivity index (χ4n) is 3.19. The molecule has 3 nitrogen and oxygen atoms in total. The van der Waals surface area contributed by atoms with Crippen LogP contribution in [0.5, 0.6) is 0 Å². The van der Waals surface area contributed by atoms with Gasteiger partial charge in [-0.3, -0.25) is 0 Å². The van der Waals surface area contributed by atoms with E-state index in [4.69, 9.17) is 17.0 Å². The van der Waals surface area contributed by atoms with Crippen molar-refractivity contribution in [2.75, 3.05) is 6.61 Å². The van der Waals surface area contributed by atoms with E-state index < -0.39 is 0 Å². The zero-order chi connectivity index (χ0) is 14.5. The first-order valence-corrected chi connectivity index (χ1v) is 7.37. The molecule has 1 aromatic heterocycles. The lowest BCUT2D eigenvalue weighted by Crippen LogP contribution is -2.51. The van der Waals surface area contributed by atoms with Crippen LogP contribution in [0.1, 0.15) is 33.2 Å². The number of aromatic nitrogens is 2. The standard InChI is InChI=1S/C15H19FN2OS/c1-4-19-13-8-12(15(13,2)3)18-11-7-9(16)5-6-10(11)17-14(18)20/h5-7,12-13H,4,8H2,1-3H3,(H,17,20). The van der Waals surface area contributed by atoms with Crippen molar-refractivity contribution in [1.29, 1.82) is 0 Å². The quantitative estimate of drug-likeness (QED) is 0.859. The van der Waals surface area contributed by atoms with Crippen molar-refractivity contribution < 1.29 is 9.13 Å². The molecule has 5 heteroatoms. The SMILES string of the molecule is CCOC1CC(n2c(=S)[nH]c3ccc(F)cc32)C1(C)C. The predicted octanol–water partition coefficient (Wildman–Crippen LogP) is 4.21. The van der Waals surface area contributed by atoms with Crippen LogP contribution in [0.25, 0.3) is 11.0 Å². The third-order valence-corrected chi connectivity index (χ3v) is 4.78. The molecule has 0 bridgehead atoms. The smallest absolute Gasteiger partial charge is 0.178 e. The molecule has 0 aliphatic heterocycles. The van der Waals surface area contributed by atoms with Crippen LogP contribution in [-0.4, -0.2) is 22.3 Å². The second-order valence-electron chi connectivity index (χ2n) is 5.98. The van der Waals surface area contributed by atoms with Gasteiger partial charge < -0.3 is 14.3 Å². The highest BCUT2D eigenvalue weighted by atomic mass is 32.1. The molecule has 1 saturated carbocycles. The maximum Gasteiger partial charge on any atom is 0.178 e. The minimum Gasteiger partial charge on any atom is -0.378 e. The van der Waals surface area contributed by atoms with Crippen LogP contribution in [0.3, 0.4) is 0 Å². The van der Waals surface area contributed by atoms with Gasteiger partial charge in [0.15, 0.2) is 4.77 Å². The molecule has 1 N–H and O–H groups in total. The topological polar surface area (TPSA) is 29.9 Å². The van der Waals surface area contributed by atoms with Gasteiger partial charge in [-0.2, -0.15) is 0 Å². The minimum atomic E-state index is -0.237. The van der Waals surface area contributed by atoms with Crippen molar-refractivity contribution >= 4 is 23.3 Å². The fraction of sp³-hybridized carbons (Fsp3) is 0.533. The number of rotatable bonds is 3. The Hall–Kier alpha value is -1.20. The van der Waals surface area contributed by atoms with Crippen LogP contribution >= 0.6 is 12.2 Å². The normalized spacial score (nSPS) is 24.8. The van der Waals surface area contributed by atoms with Crippen LogP contribution < -0.4 is 0 Å². The fourth-order valence-corrected chi connectivity index (χ4v) is 3.53. The Labute approximate surface area is 122 Å². The van der Waals surface area contributed by atoms with Gasteiger partial charge in [-0.15, -0.1) is 0 Å². The molecule has 1 heterocycles. The lowest BCUT2D eigenvalue weighted by Gasteiger charge is -2.52. The van der Waals surface area contributed by atoms with Crippen LogP contribution in [0.2, 0.25) is 0 Å². The van der Waals surface area contributed by atoms with Gasteiger partial charge in [0.25, 0.3) is 0 Å². The van der Waals surface area contributed by atoms with Crippen molar-refractivity contribution in [1.82, 2.24) is 9.55 Å². The molecule has 2 atom stereocenters. The number of benzene rings is 1. The third-order valence-electron chi connectivity index (χ3n) is 4.49. The van der Waals surface area contributed by atoms with Crippen molar-refractivity contribution in [3.05, 3.63) is 28.8 Å². The summed E-state index contributed by atoms with van der Waals surface area (Å²) in [6.45, 7) is 7.09. The zero-order valence-electron chi connectivity index (χ0n) is 11.9. The second-order valence-corrected chi connectivity index (χ2v) is 6.37. The van der Waals surface area contributed by atoms with E-state index in [2.05, 4.69) is 18.8 Å². The Morgan fingerprint density at radius 1 is 1.50 bits per heavy atom. The number of hydrogen-bond donors (Lipinski definition) is 1. The van der Waals surface area contributed by atoms with Crippen LogP contribution in [0.4, 0.5) is 4.39 Å². The van der Waals surface area contributed by atoms with Gasteiger partial charge in [-0.05, 0) is 43.8 Å². The number of imidazole rings is 1. The summed E-state index contributed by atoms with van der Waals surface area (Å²) < 4.78 is 22.0. The summed E-state index contributed by atoms with van der Waals surface area (Å²) in [5.74, 6) is -0.237. The average molecular weight is 294 g/mol. The van der Waals surface area contributed by atoms with Gasteiger partial charge >= 0.3 is 0 Å². The molecule has 2 unspecified atom stereocenters. The molecule has 1 fully saturated rings. The molecular weight excluding hydrogens is 275 g/mol. The molecule has 0 radical (unpaired) electrons. The molecule has 1 aliphatic rings. The van der Waals surface area contributed by atoms with E-state index in [1.807, 2.05) is 11.5 Å². The monoisotopic (exact) mass is 294 g/mol. The zero-order valence-corrected chi connectivity index (χ0v) is 12.8. The van der Waals surface area contributed by atoms with E-state index in [9.17, 15) is 4.39 Å². The first-order valence-electron chi connectivity index (χ1n) is 6.96. The summed E-state index contributed by atoms with van der Waals surface area (Å²) >= 11 is 5.42. The number of nitrogens with zero attached hydrogens (tertiary/aromatic N) is 1. The first-order chi connectivity index (χ1) is 9.45. The minimum absolute atomic E-state index is 0.00429. The van der Waals surface area contributed by atoms with Crippen molar-refractivity contribution in [3.8, 4) is 0 Å². The summed E-state index contributed by atoms with van der Waals surface area (Å²) in [5.41, 5.74) is 1.71. The molecule has 20 heavy (non-hydrogen) atoms. The van der Waals surface area contributed by atoms with Crippen LogP contribution in [-0.2, 0) is 4.74 Å². The molecule has 0 spiro atoms. The molecule has 2 aromatic rings. The van der Waals surface area contributed by atoms with Gasteiger partial charge in [-0.25, -0.2) is 4.39 Å². The van der Waals surface area contributed by atoms with Crippen molar-refractivity contribution in [2.24, 2.45) is 5.41 Å². The Balaban J connectivity index is 2.06. The summed E-state index contributed by atoms with van der Waals surface area (Å²) in [6, 6.07) is 4.98. The Bertz CT molecular complexity index is 703. The molecule has 108 valence electrons. The molecule has 0 saturated heterocycles. The van der Waals surface area contributed by atoms with E-state index >= 15 is 0 Å². The molecule has 0 amide bonds. The number of H-pyrrole nitrogens is 1. The first kappa shape index (κ1) is 13.8. The number of fused-ring (bicyclic) bond motifs is 1. The number of hydrogen-bond acceptors (Lipinski definition) is 2. The van der Waals surface area contributed by atoms with E-state index in [1.54, 1.807) is 12.1 Å².